The molecule has 0 spiro atoms. The molecule has 1 unspecified atom stereocenters. The normalized spacial score (nSPS) is 20.9. The van der Waals surface area contributed by atoms with E-state index in [-0.39, 0.29) is 0 Å². The summed E-state index contributed by atoms with van der Waals surface area (Å²) in [5, 5.41) is 12.0. The Labute approximate surface area is 100 Å². The minimum Gasteiger partial charge on any atom is -0.325 e. The van der Waals surface area contributed by atoms with Crippen molar-refractivity contribution < 1.29 is 0 Å². The number of hydrogen-bond donors (Lipinski definition) is 2. The third-order valence-corrected chi connectivity index (χ3v) is 3.41. The predicted octanol–water partition coefficient (Wildman–Crippen LogP) is 0.655. The summed E-state index contributed by atoms with van der Waals surface area (Å²) in [5.74, 6) is 1.50. The summed E-state index contributed by atoms with van der Waals surface area (Å²) >= 11 is 0. The molecule has 3 heterocycles. The molecule has 5 nitrogen and oxygen atoms in total. The van der Waals surface area contributed by atoms with Crippen molar-refractivity contribution in [2.45, 2.75) is 25.3 Å². The molecule has 5 heteroatoms. The van der Waals surface area contributed by atoms with E-state index in [0.717, 1.165) is 30.3 Å². The molecule has 0 saturated carbocycles. The molecule has 1 aliphatic heterocycles. The van der Waals surface area contributed by atoms with Crippen LogP contribution < -0.4 is 11.1 Å². The highest BCUT2D eigenvalue weighted by Crippen LogP contribution is 2.23. The zero-order chi connectivity index (χ0) is 11.7. The second-order valence-corrected chi connectivity index (χ2v) is 4.52. The average molecular weight is 231 g/mol. The number of pyridine rings is 1. The van der Waals surface area contributed by atoms with Gasteiger partial charge in [-0.25, -0.2) is 0 Å². The Morgan fingerprint density at radius 2 is 2.35 bits per heavy atom. The van der Waals surface area contributed by atoms with Crippen LogP contribution in [-0.2, 0) is 6.54 Å². The zero-order valence-electron chi connectivity index (χ0n) is 9.76. The number of nitrogens with two attached hydrogens (primary N) is 1. The topological polar surface area (TPSA) is 68.2 Å². The molecular formula is C12H17N5. The van der Waals surface area contributed by atoms with Crippen molar-refractivity contribution in [3.05, 3.63) is 29.7 Å². The van der Waals surface area contributed by atoms with Crippen LogP contribution in [0.2, 0.25) is 0 Å². The summed E-state index contributed by atoms with van der Waals surface area (Å²) < 4.78 is 2.11. The van der Waals surface area contributed by atoms with Gasteiger partial charge in [-0.2, -0.15) is 0 Å². The Morgan fingerprint density at radius 3 is 3.12 bits per heavy atom. The maximum absolute atomic E-state index is 5.78. The van der Waals surface area contributed by atoms with E-state index >= 15 is 0 Å². The number of aromatic nitrogens is 3. The summed E-state index contributed by atoms with van der Waals surface area (Å²) in [6, 6.07) is 6.00. The second kappa shape index (κ2) is 4.43. The van der Waals surface area contributed by atoms with E-state index in [1.165, 1.54) is 12.8 Å². The molecule has 90 valence electrons. The summed E-state index contributed by atoms with van der Waals surface area (Å²) in [6.45, 7) is 2.61. The Balaban J connectivity index is 2.09. The van der Waals surface area contributed by atoms with E-state index in [4.69, 9.17) is 5.73 Å². The van der Waals surface area contributed by atoms with Crippen LogP contribution in [0.4, 0.5) is 0 Å². The highest BCUT2D eigenvalue weighted by atomic mass is 15.3. The van der Waals surface area contributed by atoms with Crippen molar-refractivity contribution in [1.82, 2.24) is 19.9 Å². The van der Waals surface area contributed by atoms with Gasteiger partial charge in [0, 0.05) is 24.7 Å². The summed E-state index contributed by atoms with van der Waals surface area (Å²) in [5.41, 5.74) is 7.76. The molecule has 0 bridgehead atoms. The minimum atomic E-state index is 0.450. The lowest BCUT2D eigenvalue weighted by Gasteiger charge is -2.21. The van der Waals surface area contributed by atoms with Crippen LogP contribution in [0.5, 0.6) is 0 Å². The maximum Gasteiger partial charge on any atom is 0.161 e. The number of hydrogen-bond acceptors (Lipinski definition) is 4. The zero-order valence-corrected chi connectivity index (χ0v) is 9.76. The molecule has 0 radical (unpaired) electrons. The van der Waals surface area contributed by atoms with Crippen LogP contribution >= 0.6 is 0 Å². The lowest BCUT2D eigenvalue weighted by Crippen LogP contribution is -2.29. The summed E-state index contributed by atoms with van der Waals surface area (Å²) in [7, 11) is 0. The SMILES string of the molecule is NCc1cccc2nnc(C3CCCNC3)n12. The van der Waals surface area contributed by atoms with E-state index < -0.39 is 0 Å². The number of piperidine rings is 1. The van der Waals surface area contributed by atoms with Crippen molar-refractivity contribution in [3.63, 3.8) is 0 Å². The quantitative estimate of drug-likeness (QED) is 0.796. The van der Waals surface area contributed by atoms with E-state index in [1.54, 1.807) is 0 Å². The van der Waals surface area contributed by atoms with Crippen LogP contribution in [0.1, 0.15) is 30.3 Å². The van der Waals surface area contributed by atoms with E-state index in [1.807, 2.05) is 18.2 Å². The third kappa shape index (κ3) is 1.81. The first kappa shape index (κ1) is 10.7. The first-order valence-corrected chi connectivity index (χ1v) is 6.14. The molecule has 2 aromatic rings. The minimum absolute atomic E-state index is 0.450. The van der Waals surface area contributed by atoms with E-state index in [0.29, 0.717) is 12.5 Å². The van der Waals surface area contributed by atoms with Gasteiger partial charge in [-0.3, -0.25) is 4.40 Å². The van der Waals surface area contributed by atoms with Crippen molar-refractivity contribution in [2.24, 2.45) is 5.73 Å². The van der Waals surface area contributed by atoms with Gasteiger partial charge in [-0.15, -0.1) is 10.2 Å². The van der Waals surface area contributed by atoms with Gasteiger partial charge in [-0.1, -0.05) is 6.07 Å². The number of nitrogens with zero attached hydrogens (tertiary/aromatic N) is 3. The average Bonchev–Trinajstić information content (AvgIpc) is 2.83. The molecule has 3 rings (SSSR count). The van der Waals surface area contributed by atoms with Crippen molar-refractivity contribution in [2.75, 3.05) is 13.1 Å². The van der Waals surface area contributed by atoms with Gasteiger partial charge in [0.25, 0.3) is 0 Å². The molecule has 2 aromatic heterocycles. The van der Waals surface area contributed by atoms with Gasteiger partial charge < -0.3 is 11.1 Å². The van der Waals surface area contributed by atoms with Gasteiger partial charge in [0.15, 0.2) is 5.65 Å². The number of rotatable bonds is 2. The van der Waals surface area contributed by atoms with Crippen molar-refractivity contribution >= 4 is 5.65 Å². The Bertz CT molecular complexity index is 513. The van der Waals surface area contributed by atoms with Crippen LogP contribution in [0.3, 0.4) is 0 Å². The third-order valence-electron chi connectivity index (χ3n) is 3.41. The maximum atomic E-state index is 5.78. The van der Waals surface area contributed by atoms with E-state index in [2.05, 4.69) is 19.9 Å². The van der Waals surface area contributed by atoms with Gasteiger partial charge in [0.2, 0.25) is 0 Å². The van der Waals surface area contributed by atoms with Gasteiger partial charge in [0.05, 0.1) is 0 Å². The van der Waals surface area contributed by atoms with Gasteiger partial charge in [-0.05, 0) is 31.5 Å². The molecule has 0 aromatic carbocycles. The highest BCUT2D eigenvalue weighted by molar-refractivity contribution is 5.40. The number of fused-ring (bicyclic) bond motifs is 1. The summed E-state index contributed by atoms with van der Waals surface area (Å²) in [6.07, 6.45) is 2.37. The molecule has 1 fully saturated rings. The highest BCUT2D eigenvalue weighted by Gasteiger charge is 2.21. The molecule has 1 atom stereocenters. The lowest BCUT2D eigenvalue weighted by atomic mass is 9.99. The fraction of sp³-hybridized carbons (Fsp3) is 0.500. The van der Waals surface area contributed by atoms with Crippen LogP contribution in [0.15, 0.2) is 18.2 Å². The monoisotopic (exact) mass is 231 g/mol. The fourth-order valence-electron chi connectivity index (χ4n) is 2.53. The predicted molar refractivity (Wildman–Crippen MR) is 65.7 cm³/mol. The number of nitrogens with one attached hydrogen (secondary N) is 1. The Morgan fingerprint density at radius 1 is 1.41 bits per heavy atom. The Hall–Kier alpha value is -1.46. The Kier molecular flexibility index (Phi) is 2.78. The largest absolute Gasteiger partial charge is 0.325 e. The van der Waals surface area contributed by atoms with Crippen LogP contribution in [0, 0.1) is 0 Å². The van der Waals surface area contributed by atoms with Crippen LogP contribution in [0.25, 0.3) is 5.65 Å². The van der Waals surface area contributed by atoms with Crippen LogP contribution in [-0.4, -0.2) is 27.7 Å². The molecular weight excluding hydrogens is 214 g/mol. The van der Waals surface area contributed by atoms with Gasteiger partial charge >= 0.3 is 0 Å². The fourth-order valence-corrected chi connectivity index (χ4v) is 2.53. The summed E-state index contributed by atoms with van der Waals surface area (Å²) in [4.78, 5) is 0. The first-order valence-electron chi connectivity index (χ1n) is 6.14. The molecule has 1 saturated heterocycles. The molecule has 3 N–H and O–H groups in total. The standard InChI is InChI=1S/C12H17N5/c13-7-10-4-1-5-11-15-16-12(17(10)11)9-3-2-6-14-8-9/h1,4-5,9,14H,2-3,6-8,13H2. The van der Waals surface area contributed by atoms with Gasteiger partial charge in [0.1, 0.15) is 5.82 Å². The van der Waals surface area contributed by atoms with Crippen molar-refractivity contribution in [1.29, 1.82) is 0 Å². The molecule has 17 heavy (non-hydrogen) atoms. The second-order valence-electron chi connectivity index (χ2n) is 4.52. The van der Waals surface area contributed by atoms with Crippen molar-refractivity contribution in [3.8, 4) is 0 Å². The molecule has 0 amide bonds. The molecule has 1 aliphatic rings. The molecule has 0 aliphatic carbocycles. The lowest BCUT2D eigenvalue weighted by molar-refractivity contribution is 0.443. The first-order chi connectivity index (χ1) is 8.40. The smallest absolute Gasteiger partial charge is 0.161 e. The van der Waals surface area contributed by atoms with E-state index in [9.17, 15) is 0 Å².